The summed E-state index contributed by atoms with van der Waals surface area (Å²) >= 11 is 0. The van der Waals surface area contributed by atoms with E-state index < -0.39 is 12.0 Å². The minimum Gasteiger partial charge on any atom is -0.465 e. The SMILES string of the molecule is CC(C)COC(=O)CC1C(=O)NCCN1CC(=O)Nc1ccc2ccccc2c1. The van der Waals surface area contributed by atoms with E-state index in [2.05, 4.69) is 10.6 Å². The van der Waals surface area contributed by atoms with E-state index in [9.17, 15) is 14.4 Å². The predicted molar refractivity (Wildman–Crippen MR) is 111 cm³/mol. The van der Waals surface area contributed by atoms with Crippen LogP contribution in [0.1, 0.15) is 20.3 Å². The Morgan fingerprint density at radius 2 is 1.97 bits per heavy atom. The number of piperazine rings is 1. The van der Waals surface area contributed by atoms with Gasteiger partial charge in [0.25, 0.3) is 0 Å². The van der Waals surface area contributed by atoms with Gasteiger partial charge in [0.05, 0.1) is 19.6 Å². The zero-order valence-corrected chi connectivity index (χ0v) is 16.8. The van der Waals surface area contributed by atoms with Crippen molar-refractivity contribution in [3.05, 3.63) is 42.5 Å². The molecule has 3 rings (SSSR count). The summed E-state index contributed by atoms with van der Waals surface area (Å²) < 4.78 is 5.20. The molecule has 0 aromatic heterocycles. The number of fused-ring (bicyclic) bond motifs is 1. The van der Waals surface area contributed by atoms with E-state index in [1.54, 1.807) is 4.90 Å². The molecule has 0 spiro atoms. The molecule has 7 heteroatoms. The third kappa shape index (κ3) is 5.77. The van der Waals surface area contributed by atoms with Gasteiger partial charge in [-0.3, -0.25) is 19.3 Å². The van der Waals surface area contributed by atoms with Crippen molar-refractivity contribution in [2.45, 2.75) is 26.3 Å². The van der Waals surface area contributed by atoms with Gasteiger partial charge in [-0.1, -0.05) is 44.2 Å². The van der Waals surface area contributed by atoms with E-state index in [4.69, 9.17) is 4.74 Å². The lowest BCUT2D eigenvalue weighted by molar-refractivity contribution is -0.149. The zero-order chi connectivity index (χ0) is 20.8. The first-order valence-electron chi connectivity index (χ1n) is 9.88. The highest BCUT2D eigenvalue weighted by atomic mass is 16.5. The number of nitrogens with zero attached hydrogens (tertiary/aromatic N) is 1. The number of esters is 1. The maximum absolute atomic E-state index is 12.6. The normalized spacial score (nSPS) is 17.2. The van der Waals surface area contributed by atoms with Crippen molar-refractivity contribution < 1.29 is 19.1 Å². The van der Waals surface area contributed by atoms with Crippen molar-refractivity contribution in [2.24, 2.45) is 5.92 Å². The summed E-state index contributed by atoms with van der Waals surface area (Å²) in [6.45, 7) is 5.19. The smallest absolute Gasteiger partial charge is 0.307 e. The number of hydrogen-bond acceptors (Lipinski definition) is 5. The molecule has 29 heavy (non-hydrogen) atoms. The lowest BCUT2D eigenvalue weighted by Crippen LogP contribution is -2.57. The zero-order valence-electron chi connectivity index (χ0n) is 16.8. The molecule has 1 heterocycles. The van der Waals surface area contributed by atoms with E-state index in [0.29, 0.717) is 25.4 Å². The highest BCUT2D eigenvalue weighted by Gasteiger charge is 2.33. The first-order valence-corrected chi connectivity index (χ1v) is 9.88. The summed E-state index contributed by atoms with van der Waals surface area (Å²) in [7, 11) is 0. The Kier molecular flexibility index (Phi) is 6.82. The molecule has 0 saturated carbocycles. The molecule has 2 N–H and O–H groups in total. The van der Waals surface area contributed by atoms with E-state index >= 15 is 0 Å². The Morgan fingerprint density at radius 1 is 1.21 bits per heavy atom. The second kappa shape index (κ2) is 9.52. The van der Waals surface area contributed by atoms with Crippen molar-refractivity contribution in [2.75, 3.05) is 31.6 Å². The lowest BCUT2D eigenvalue weighted by atomic mass is 10.1. The molecular formula is C22H27N3O4. The van der Waals surface area contributed by atoms with Crippen molar-refractivity contribution in [1.29, 1.82) is 0 Å². The molecule has 7 nitrogen and oxygen atoms in total. The van der Waals surface area contributed by atoms with Gasteiger partial charge in [0.1, 0.15) is 6.04 Å². The molecule has 1 saturated heterocycles. The van der Waals surface area contributed by atoms with Crippen molar-refractivity contribution in [1.82, 2.24) is 10.2 Å². The van der Waals surface area contributed by atoms with E-state index in [1.165, 1.54) is 0 Å². The number of ether oxygens (including phenoxy) is 1. The van der Waals surface area contributed by atoms with Gasteiger partial charge in [0.2, 0.25) is 11.8 Å². The van der Waals surface area contributed by atoms with Crippen molar-refractivity contribution >= 4 is 34.2 Å². The molecule has 1 atom stereocenters. The molecule has 0 radical (unpaired) electrons. The molecule has 0 bridgehead atoms. The maximum Gasteiger partial charge on any atom is 0.307 e. The summed E-state index contributed by atoms with van der Waals surface area (Å²) in [5, 5.41) is 7.77. The van der Waals surface area contributed by atoms with Crippen LogP contribution < -0.4 is 10.6 Å². The van der Waals surface area contributed by atoms with Crippen LogP contribution in [0.25, 0.3) is 10.8 Å². The minimum absolute atomic E-state index is 0.0301. The van der Waals surface area contributed by atoms with Crippen LogP contribution in [-0.4, -0.2) is 55.0 Å². The van der Waals surface area contributed by atoms with Gasteiger partial charge in [-0.25, -0.2) is 0 Å². The van der Waals surface area contributed by atoms with Crippen LogP contribution in [0.4, 0.5) is 5.69 Å². The number of hydrogen-bond donors (Lipinski definition) is 2. The predicted octanol–water partition coefficient (Wildman–Crippen LogP) is 2.17. The minimum atomic E-state index is -0.703. The van der Waals surface area contributed by atoms with E-state index in [-0.39, 0.29) is 30.7 Å². The molecule has 2 amide bonds. The molecule has 0 aliphatic carbocycles. The number of nitrogens with one attached hydrogen (secondary N) is 2. The van der Waals surface area contributed by atoms with Gasteiger partial charge >= 0.3 is 5.97 Å². The van der Waals surface area contributed by atoms with Gasteiger partial charge in [0, 0.05) is 18.8 Å². The first kappa shape index (κ1) is 20.8. The fourth-order valence-electron chi connectivity index (χ4n) is 3.30. The lowest BCUT2D eigenvalue weighted by Gasteiger charge is -2.33. The third-order valence-corrected chi connectivity index (χ3v) is 4.76. The standard InChI is InChI=1S/C22H27N3O4/c1-15(2)14-29-21(27)12-19-22(28)23-9-10-25(19)13-20(26)24-18-8-7-16-5-3-4-6-17(16)11-18/h3-8,11,15,19H,9-10,12-14H2,1-2H3,(H,23,28)(H,24,26). The first-order chi connectivity index (χ1) is 13.9. The number of amides is 2. The summed E-state index contributed by atoms with van der Waals surface area (Å²) in [6.07, 6.45) is -0.0677. The Labute approximate surface area is 170 Å². The van der Waals surface area contributed by atoms with Crippen LogP contribution in [-0.2, 0) is 19.1 Å². The van der Waals surface area contributed by atoms with Gasteiger partial charge in [-0.05, 0) is 28.8 Å². The highest BCUT2D eigenvalue weighted by molar-refractivity contribution is 5.96. The second-order valence-corrected chi connectivity index (χ2v) is 7.67. The van der Waals surface area contributed by atoms with Crippen LogP contribution in [0.3, 0.4) is 0 Å². The Bertz CT molecular complexity index is 897. The number of carbonyl (C=O) groups is 3. The van der Waals surface area contributed by atoms with Crippen molar-refractivity contribution in [3.63, 3.8) is 0 Å². The van der Waals surface area contributed by atoms with Crippen LogP contribution >= 0.6 is 0 Å². The summed E-state index contributed by atoms with van der Waals surface area (Å²) in [4.78, 5) is 38.6. The average Bonchev–Trinajstić information content (AvgIpc) is 2.69. The average molecular weight is 397 g/mol. The Hall–Kier alpha value is -2.93. The fourth-order valence-corrected chi connectivity index (χ4v) is 3.30. The molecule has 2 aromatic rings. The van der Waals surface area contributed by atoms with Crippen LogP contribution in [0, 0.1) is 5.92 Å². The molecule has 1 aliphatic heterocycles. The third-order valence-electron chi connectivity index (χ3n) is 4.76. The largest absolute Gasteiger partial charge is 0.465 e. The number of anilines is 1. The summed E-state index contributed by atoms with van der Waals surface area (Å²) in [6, 6.07) is 12.9. The Morgan fingerprint density at radius 3 is 2.72 bits per heavy atom. The van der Waals surface area contributed by atoms with Crippen LogP contribution in [0.15, 0.2) is 42.5 Å². The van der Waals surface area contributed by atoms with Crippen LogP contribution in [0.2, 0.25) is 0 Å². The quantitative estimate of drug-likeness (QED) is 0.699. The van der Waals surface area contributed by atoms with E-state index in [0.717, 1.165) is 10.8 Å². The summed E-state index contributed by atoms with van der Waals surface area (Å²) in [5.74, 6) is -0.685. The second-order valence-electron chi connectivity index (χ2n) is 7.67. The van der Waals surface area contributed by atoms with Gasteiger partial charge in [-0.2, -0.15) is 0 Å². The molecule has 1 fully saturated rings. The fraction of sp³-hybridized carbons (Fsp3) is 0.409. The molecule has 1 unspecified atom stereocenters. The Balaban J connectivity index is 1.61. The summed E-state index contributed by atoms with van der Waals surface area (Å²) in [5.41, 5.74) is 0.697. The number of benzene rings is 2. The maximum atomic E-state index is 12.6. The van der Waals surface area contributed by atoms with Crippen molar-refractivity contribution in [3.8, 4) is 0 Å². The number of rotatable bonds is 7. The van der Waals surface area contributed by atoms with Gasteiger partial charge in [0.15, 0.2) is 0 Å². The molecule has 2 aromatic carbocycles. The van der Waals surface area contributed by atoms with E-state index in [1.807, 2.05) is 56.3 Å². The highest BCUT2D eigenvalue weighted by Crippen LogP contribution is 2.19. The monoisotopic (exact) mass is 397 g/mol. The van der Waals surface area contributed by atoms with Gasteiger partial charge < -0.3 is 15.4 Å². The number of carbonyl (C=O) groups excluding carboxylic acids is 3. The molecular weight excluding hydrogens is 370 g/mol. The molecule has 1 aliphatic rings. The van der Waals surface area contributed by atoms with Crippen LogP contribution in [0.5, 0.6) is 0 Å². The molecule has 154 valence electrons. The van der Waals surface area contributed by atoms with Gasteiger partial charge in [-0.15, -0.1) is 0 Å². The topological polar surface area (TPSA) is 87.7 Å².